The van der Waals surface area contributed by atoms with Gasteiger partial charge in [-0.3, -0.25) is 49.1 Å². The van der Waals surface area contributed by atoms with E-state index in [-0.39, 0.29) is 35.4 Å². The van der Waals surface area contributed by atoms with E-state index >= 15 is 0 Å². The lowest BCUT2D eigenvalue weighted by Gasteiger charge is -2.49. The lowest BCUT2D eigenvalue weighted by Crippen LogP contribution is -2.63. The number of carbonyl (C=O) groups is 4. The molecule has 1 atom stereocenters. The van der Waals surface area contributed by atoms with Gasteiger partial charge in [0.1, 0.15) is 6.04 Å². The van der Waals surface area contributed by atoms with Crippen LogP contribution in [0.2, 0.25) is 0 Å². The fraction of sp³-hybridized carbons (Fsp3) is 0.387. The number of ether oxygens (including phenoxy) is 1. The van der Waals surface area contributed by atoms with Crippen LogP contribution in [-0.4, -0.2) is 107 Å². The van der Waals surface area contributed by atoms with E-state index < -0.39 is 34.6 Å². The first kappa shape index (κ1) is 29.4. The minimum Gasteiger partial charge on any atom is -0.490 e. The first-order chi connectivity index (χ1) is 22.1. The van der Waals surface area contributed by atoms with E-state index in [1.807, 2.05) is 12.3 Å². The molecule has 0 bridgehead atoms. The zero-order chi connectivity index (χ0) is 32.3. The largest absolute Gasteiger partial charge is 0.490 e. The van der Waals surface area contributed by atoms with Crippen LogP contribution >= 0.6 is 0 Å². The van der Waals surface area contributed by atoms with Gasteiger partial charge < -0.3 is 14.5 Å². The molecular formula is C31H32N8O7. The van der Waals surface area contributed by atoms with Crippen LogP contribution in [0.25, 0.3) is 11.1 Å². The molecule has 4 aliphatic heterocycles. The normalized spacial score (nSPS) is 20.6. The number of piperazine rings is 1. The van der Waals surface area contributed by atoms with Crippen molar-refractivity contribution in [1.29, 1.82) is 0 Å². The number of aryl methyl sites for hydroxylation is 1. The van der Waals surface area contributed by atoms with Gasteiger partial charge in [-0.15, -0.1) is 0 Å². The van der Waals surface area contributed by atoms with Crippen molar-refractivity contribution < 1.29 is 28.8 Å². The third-order valence-corrected chi connectivity index (χ3v) is 9.33. The summed E-state index contributed by atoms with van der Waals surface area (Å²) in [5, 5.41) is 18.2. The van der Waals surface area contributed by atoms with E-state index in [9.17, 15) is 29.3 Å². The number of hydrogen-bond donors (Lipinski definition) is 1. The number of imide groups is 2. The van der Waals surface area contributed by atoms with Crippen LogP contribution < -0.4 is 19.9 Å². The number of nitrogens with one attached hydrogen (secondary N) is 1. The molecular weight excluding hydrogens is 596 g/mol. The van der Waals surface area contributed by atoms with Crippen LogP contribution in [-0.2, 0) is 16.6 Å². The minimum absolute atomic E-state index is 0.0756. The Morgan fingerprint density at radius 3 is 2.35 bits per heavy atom. The summed E-state index contributed by atoms with van der Waals surface area (Å²) in [4.78, 5) is 69.3. The molecule has 7 rings (SSSR count). The topological polar surface area (TPSA) is 163 Å². The van der Waals surface area contributed by atoms with Gasteiger partial charge in [0, 0.05) is 99.6 Å². The number of anilines is 2. The zero-order valence-corrected chi connectivity index (χ0v) is 25.3. The Bertz CT molecular complexity index is 1790. The van der Waals surface area contributed by atoms with Gasteiger partial charge in [0.05, 0.1) is 29.4 Å². The fourth-order valence-electron chi connectivity index (χ4n) is 6.80. The number of benzene rings is 2. The van der Waals surface area contributed by atoms with Gasteiger partial charge in [-0.2, -0.15) is 5.10 Å². The molecule has 3 aromatic rings. The van der Waals surface area contributed by atoms with Gasteiger partial charge in [-0.1, -0.05) is 0 Å². The van der Waals surface area contributed by atoms with Gasteiger partial charge in [-0.05, 0) is 24.6 Å². The summed E-state index contributed by atoms with van der Waals surface area (Å²) in [6.45, 7) is 4.53. The SMILES string of the molecule is COc1cc(N2CCN(C3CN(c4ccc5c(c4)C(=O)N(C4CCC(=O)NC4=O)C5=O)C3)CC2)c(-c2cnn(C)c2)cc1[N+](=O)[O-]. The molecule has 4 aliphatic rings. The van der Waals surface area contributed by atoms with E-state index in [0.29, 0.717) is 6.04 Å². The van der Waals surface area contributed by atoms with Crippen molar-refractivity contribution >= 4 is 40.7 Å². The molecule has 0 saturated carbocycles. The number of hydrogen-bond acceptors (Lipinski definition) is 11. The highest BCUT2D eigenvalue weighted by molar-refractivity contribution is 6.23. The van der Waals surface area contributed by atoms with Crippen LogP contribution in [0.5, 0.6) is 5.75 Å². The number of amides is 4. The number of aromatic nitrogens is 2. The molecule has 1 aromatic heterocycles. The third kappa shape index (κ3) is 4.92. The van der Waals surface area contributed by atoms with E-state index in [2.05, 4.69) is 25.1 Å². The Labute approximate surface area is 263 Å². The van der Waals surface area contributed by atoms with E-state index in [0.717, 1.165) is 66.7 Å². The molecule has 15 nitrogen and oxygen atoms in total. The van der Waals surface area contributed by atoms with E-state index in [1.54, 1.807) is 42.2 Å². The number of carbonyl (C=O) groups excluding carboxylic acids is 4. The molecule has 4 amide bonds. The summed E-state index contributed by atoms with van der Waals surface area (Å²) < 4.78 is 7.05. The van der Waals surface area contributed by atoms with Gasteiger partial charge in [0.2, 0.25) is 11.8 Å². The Hall–Kier alpha value is -5.31. The second-order valence-electron chi connectivity index (χ2n) is 12.0. The predicted octanol–water partition coefficient (Wildman–Crippen LogP) is 1.42. The second-order valence-corrected chi connectivity index (χ2v) is 12.0. The van der Waals surface area contributed by atoms with Crippen molar-refractivity contribution in [2.24, 2.45) is 7.05 Å². The number of piperidine rings is 1. The minimum atomic E-state index is -0.992. The van der Waals surface area contributed by atoms with Crippen LogP contribution in [0.1, 0.15) is 33.6 Å². The van der Waals surface area contributed by atoms with Crippen molar-refractivity contribution in [3.63, 3.8) is 0 Å². The molecule has 238 valence electrons. The van der Waals surface area contributed by atoms with Crippen molar-refractivity contribution in [2.75, 3.05) is 56.2 Å². The van der Waals surface area contributed by atoms with Gasteiger partial charge in [-0.25, -0.2) is 0 Å². The average molecular weight is 629 g/mol. The Morgan fingerprint density at radius 1 is 0.957 bits per heavy atom. The number of nitro groups is 1. The lowest BCUT2D eigenvalue weighted by atomic mass is 10.0. The molecule has 5 heterocycles. The summed E-state index contributed by atoms with van der Waals surface area (Å²) in [7, 11) is 3.23. The number of rotatable bonds is 7. The number of nitro benzene ring substituents is 1. The summed E-state index contributed by atoms with van der Waals surface area (Å²) in [6, 6.07) is 7.79. The van der Waals surface area contributed by atoms with Gasteiger partial charge >= 0.3 is 5.69 Å². The maximum Gasteiger partial charge on any atom is 0.311 e. The highest BCUT2D eigenvalue weighted by Crippen LogP contribution is 2.41. The van der Waals surface area contributed by atoms with Crippen LogP contribution in [0.15, 0.2) is 42.7 Å². The smallest absolute Gasteiger partial charge is 0.311 e. The summed E-state index contributed by atoms with van der Waals surface area (Å²) >= 11 is 0. The van der Waals surface area contributed by atoms with Crippen LogP contribution in [0, 0.1) is 10.1 Å². The third-order valence-electron chi connectivity index (χ3n) is 9.33. The Morgan fingerprint density at radius 2 is 1.70 bits per heavy atom. The molecule has 1 N–H and O–H groups in total. The molecule has 2 aromatic carbocycles. The predicted molar refractivity (Wildman–Crippen MR) is 165 cm³/mol. The lowest BCUT2D eigenvalue weighted by molar-refractivity contribution is -0.385. The Kier molecular flexibility index (Phi) is 7.19. The zero-order valence-electron chi connectivity index (χ0n) is 25.3. The van der Waals surface area contributed by atoms with Crippen LogP contribution in [0.4, 0.5) is 17.1 Å². The highest BCUT2D eigenvalue weighted by Gasteiger charge is 2.45. The fourth-order valence-corrected chi connectivity index (χ4v) is 6.80. The number of nitrogens with zero attached hydrogens (tertiary/aromatic N) is 7. The molecule has 46 heavy (non-hydrogen) atoms. The van der Waals surface area contributed by atoms with Crippen molar-refractivity contribution in [3.05, 3.63) is 64.0 Å². The maximum atomic E-state index is 13.2. The summed E-state index contributed by atoms with van der Waals surface area (Å²) in [5.74, 6) is -1.86. The standard InChI is InChI=1S/C31H32N8O7/c1-34-15-18(14-32-34)22-12-26(39(44)45)27(46-2)13-25(22)36-9-7-35(8-10-36)20-16-37(17-20)19-3-4-21-23(11-19)31(43)38(30(21)42)24-5-6-28(40)33-29(24)41/h3-4,11-15,20,24H,5-10,16-17H2,1-2H3,(H,33,40,41). The highest BCUT2D eigenvalue weighted by atomic mass is 16.6. The number of fused-ring (bicyclic) bond motifs is 1. The van der Waals surface area contributed by atoms with Gasteiger partial charge in [0.15, 0.2) is 5.75 Å². The number of methoxy groups -OCH3 is 1. The van der Waals surface area contributed by atoms with E-state index in [4.69, 9.17) is 4.74 Å². The molecule has 0 aliphatic carbocycles. The van der Waals surface area contributed by atoms with E-state index in [1.165, 1.54) is 7.11 Å². The quantitative estimate of drug-likeness (QED) is 0.229. The molecule has 0 radical (unpaired) electrons. The maximum absolute atomic E-state index is 13.2. The Balaban J connectivity index is 1.01. The monoisotopic (exact) mass is 628 g/mol. The molecule has 3 fully saturated rings. The first-order valence-corrected chi connectivity index (χ1v) is 15.1. The molecule has 3 saturated heterocycles. The molecule has 0 spiro atoms. The second kappa shape index (κ2) is 11.2. The van der Waals surface area contributed by atoms with Gasteiger partial charge in [0.25, 0.3) is 11.8 Å². The van der Waals surface area contributed by atoms with Crippen molar-refractivity contribution in [1.82, 2.24) is 24.9 Å². The first-order valence-electron chi connectivity index (χ1n) is 15.1. The molecule has 1 unspecified atom stereocenters. The summed E-state index contributed by atoms with van der Waals surface area (Å²) in [5.41, 5.74) is 3.64. The average Bonchev–Trinajstić information content (AvgIpc) is 3.56. The molecule has 15 heteroatoms. The summed E-state index contributed by atoms with van der Waals surface area (Å²) in [6.07, 6.45) is 3.73. The van der Waals surface area contributed by atoms with Crippen LogP contribution in [0.3, 0.4) is 0 Å². The van der Waals surface area contributed by atoms with Crippen molar-refractivity contribution in [2.45, 2.75) is 24.9 Å². The van der Waals surface area contributed by atoms with Crippen molar-refractivity contribution in [3.8, 4) is 16.9 Å².